The second kappa shape index (κ2) is 2.27. The molecule has 0 rings (SSSR count). The molecule has 0 fully saturated rings. The van der Waals surface area contributed by atoms with E-state index in [1.54, 1.807) is 0 Å². The van der Waals surface area contributed by atoms with Crippen molar-refractivity contribution >= 4 is 21.2 Å². The topological polar surface area (TPSA) is 0 Å². The van der Waals surface area contributed by atoms with Crippen LogP contribution in [-0.4, -0.2) is 21.2 Å². The molecule has 0 aliphatic rings. The Morgan fingerprint density at radius 3 is 1.00 bits per heavy atom. The van der Waals surface area contributed by atoms with Crippen molar-refractivity contribution in [3.05, 3.63) is 0 Å². The zero-order chi connectivity index (χ0) is 7.00. The van der Waals surface area contributed by atoms with Gasteiger partial charge in [-0.3, -0.25) is 0 Å². The first-order valence-electron chi connectivity index (χ1n) is 3.25. The summed E-state index contributed by atoms with van der Waals surface area (Å²) in [4.78, 5) is 0. The van der Waals surface area contributed by atoms with E-state index < -0.39 is 21.2 Å². The van der Waals surface area contributed by atoms with E-state index in [0.29, 0.717) is 2.97 Å². The van der Waals surface area contributed by atoms with Crippen molar-refractivity contribution in [2.75, 3.05) is 0 Å². The van der Waals surface area contributed by atoms with Gasteiger partial charge >= 0.3 is 58.4 Å². The molecule has 0 spiro atoms. The summed E-state index contributed by atoms with van der Waals surface area (Å²) in [6.07, 6.45) is 0. The van der Waals surface area contributed by atoms with Crippen LogP contribution in [0.2, 0.25) is 16.4 Å². The van der Waals surface area contributed by atoms with Gasteiger partial charge in [0, 0.05) is 0 Å². The first-order valence-corrected chi connectivity index (χ1v) is 16.9. The van der Waals surface area contributed by atoms with E-state index in [4.69, 9.17) is 0 Å². The normalized spacial score (nSPS) is 14.2. The molecule has 0 amide bonds. The zero-order valence-corrected chi connectivity index (χ0v) is 10.9. The van der Waals surface area contributed by atoms with Gasteiger partial charge in [-0.1, -0.05) is 0 Å². The molecular weight excluding hydrogens is 291 g/mol. The molecule has 0 aromatic rings. The Labute approximate surface area is 58.3 Å². The summed E-state index contributed by atoms with van der Waals surface area (Å²) >= 11 is -1.64. The van der Waals surface area contributed by atoms with E-state index in [1.807, 2.05) is 0 Å². The molecule has 0 aromatic heterocycles. The van der Waals surface area contributed by atoms with Gasteiger partial charge in [0.25, 0.3) is 0 Å². The molecule has 0 saturated carbocycles. The van der Waals surface area contributed by atoms with Crippen molar-refractivity contribution in [1.29, 1.82) is 0 Å². The van der Waals surface area contributed by atoms with Crippen LogP contribution in [0, 0.1) is 0 Å². The van der Waals surface area contributed by atoms with Crippen molar-refractivity contribution < 1.29 is 0 Å². The predicted molar refractivity (Wildman–Crippen MR) is 43.1 cm³/mol. The van der Waals surface area contributed by atoms with E-state index >= 15 is 0 Å². The number of hydrogen-bond donors (Lipinski definition) is 0. The Bertz CT molecular complexity index is 59.4. The quantitative estimate of drug-likeness (QED) is 0.603. The fourth-order valence-corrected chi connectivity index (χ4v) is 0. The fourth-order valence-electron chi connectivity index (χ4n) is 0. The predicted octanol–water partition coefficient (Wildman–Crippen LogP) is 3.12. The molecule has 0 radical (unpaired) electrons. The third-order valence-corrected chi connectivity index (χ3v) is 19.7. The molecule has 0 unspecified atom stereocenters. The SMILES string of the molecule is C[C](C)(C)[Pb]([CH3])([CH3])[CH3]. The van der Waals surface area contributed by atoms with Crippen LogP contribution in [0.1, 0.15) is 20.8 Å². The van der Waals surface area contributed by atoms with Crippen LogP contribution in [0.25, 0.3) is 0 Å². The molecule has 0 aliphatic heterocycles. The van der Waals surface area contributed by atoms with E-state index in [9.17, 15) is 0 Å². The molecule has 8 heavy (non-hydrogen) atoms. The number of rotatable bonds is 0. The molecular formula is C7H18Pb. The van der Waals surface area contributed by atoms with E-state index in [1.165, 1.54) is 0 Å². The monoisotopic (exact) mass is 310 g/mol. The van der Waals surface area contributed by atoms with Crippen molar-refractivity contribution in [2.45, 2.75) is 37.2 Å². The molecule has 0 atom stereocenters. The molecule has 0 heterocycles. The first-order chi connectivity index (χ1) is 3.25. The van der Waals surface area contributed by atoms with Crippen LogP contribution in [-0.2, 0) is 0 Å². The zero-order valence-electron chi connectivity index (χ0n) is 7.00. The van der Waals surface area contributed by atoms with E-state index in [-0.39, 0.29) is 0 Å². The second-order valence-corrected chi connectivity index (χ2v) is 27.8. The van der Waals surface area contributed by atoms with Gasteiger partial charge in [0.1, 0.15) is 0 Å². The van der Waals surface area contributed by atoms with Gasteiger partial charge < -0.3 is 0 Å². The summed E-state index contributed by atoms with van der Waals surface area (Å²) in [6, 6.07) is 0. The van der Waals surface area contributed by atoms with Crippen molar-refractivity contribution in [3.8, 4) is 0 Å². The van der Waals surface area contributed by atoms with Crippen molar-refractivity contribution in [1.82, 2.24) is 0 Å². The van der Waals surface area contributed by atoms with Gasteiger partial charge in [-0.15, -0.1) is 0 Å². The minimum atomic E-state index is -1.64. The third kappa shape index (κ3) is 2.47. The maximum absolute atomic E-state index is 2.49. The molecule has 0 saturated heterocycles. The van der Waals surface area contributed by atoms with Crippen LogP contribution in [0.5, 0.6) is 0 Å². The van der Waals surface area contributed by atoms with Crippen LogP contribution in [0.3, 0.4) is 0 Å². The molecule has 0 bridgehead atoms. The van der Waals surface area contributed by atoms with Crippen LogP contribution in [0.15, 0.2) is 0 Å². The van der Waals surface area contributed by atoms with Crippen LogP contribution < -0.4 is 0 Å². The molecule has 0 N–H and O–H groups in total. The van der Waals surface area contributed by atoms with Crippen molar-refractivity contribution in [3.63, 3.8) is 0 Å². The average molecular weight is 309 g/mol. The van der Waals surface area contributed by atoms with Crippen LogP contribution in [0.4, 0.5) is 0 Å². The summed E-state index contributed by atoms with van der Waals surface area (Å²) in [5, 5.41) is 0. The summed E-state index contributed by atoms with van der Waals surface area (Å²) in [5.74, 6) is 0. The van der Waals surface area contributed by atoms with Gasteiger partial charge in [-0.25, -0.2) is 0 Å². The Hall–Kier alpha value is 0.922. The Morgan fingerprint density at radius 1 is 0.875 bits per heavy atom. The summed E-state index contributed by atoms with van der Waals surface area (Å²) in [7, 11) is 0. The Balaban J connectivity index is 4.02. The maximum atomic E-state index is 2.49. The molecule has 0 nitrogen and oxygen atoms in total. The van der Waals surface area contributed by atoms with E-state index in [0.717, 1.165) is 0 Å². The first kappa shape index (κ1) is 8.92. The van der Waals surface area contributed by atoms with Gasteiger partial charge in [-0.2, -0.15) is 0 Å². The van der Waals surface area contributed by atoms with E-state index in [2.05, 4.69) is 34.2 Å². The minimum absolute atomic E-state index is 0.660. The van der Waals surface area contributed by atoms with Crippen molar-refractivity contribution in [2.24, 2.45) is 0 Å². The Morgan fingerprint density at radius 2 is 1.00 bits per heavy atom. The average Bonchev–Trinajstić information content (AvgIpc) is 1.25. The van der Waals surface area contributed by atoms with Gasteiger partial charge in [0.2, 0.25) is 0 Å². The standard InChI is InChI=1S/C4H9.3CH3.Pb/c1-4(2)3;;;;/h1-3H3;3*1H3;. The number of hydrogen-bond acceptors (Lipinski definition) is 0. The summed E-state index contributed by atoms with van der Waals surface area (Å²) in [6.45, 7) is 7.11. The second-order valence-electron chi connectivity index (χ2n) is 4.50. The molecule has 0 aliphatic carbocycles. The third-order valence-electron chi connectivity index (χ3n) is 2.25. The molecule has 1 heteroatoms. The molecule has 50 valence electrons. The van der Waals surface area contributed by atoms with Crippen LogP contribution >= 0.6 is 0 Å². The summed E-state index contributed by atoms with van der Waals surface area (Å²) < 4.78 is 8.14. The van der Waals surface area contributed by atoms with Gasteiger partial charge in [0.15, 0.2) is 0 Å². The summed E-state index contributed by atoms with van der Waals surface area (Å²) in [5.41, 5.74) is 0. The molecule has 0 aromatic carbocycles. The fraction of sp³-hybridized carbons (Fsp3) is 1.00. The Kier molecular flexibility index (Phi) is 2.54. The van der Waals surface area contributed by atoms with Gasteiger partial charge in [0.05, 0.1) is 0 Å². The van der Waals surface area contributed by atoms with Gasteiger partial charge in [-0.05, 0) is 0 Å².